The van der Waals surface area contributed by atoms with Crippen LogP contribution < -0.4 is 4.84 Å². The molecule has 0 amide bonds. The average molecular weight is 166 g/mol. The van der Waals surface area contributed by atoms with E-state index in [2.05, 4.69) is 9.57 Å². The number of carbonyl (C=O) groups is 1. The standard InChI is InChI=1S/C6H12ClNO2/c1-6(2,4-8-7)5(9)10-3/h8H,4H2,1-3H3. The first-order chi connectivity index (χ1) is 4.54. The molecule has 60 valence electrons. The first kappa shape index (κ1) is 9.72. The van der Waals surface area contributed by atoms with Crippen LogP contribution in [0, 0.1) is 5.41 Å². The van der Waals surface area contributed by atoms with Crippen LogP contribution in [0.25, 0.3) is 0 Å². The summed E-state index contributed by atoms with van der Waals surface area (Å²) in [5, 5.41) is 0. The Kier molecular flexibility index (Phi) is 3.68. The zero-order valence-electron chi connectivity index (χ0n) is 6.40. The van der Waals surface area contributed by atoms with E-state index in [1.807, 2.05) is 0 Å². The van der Waals surface area contributed by atoms with Crippen molar-refractivity contribution >= 4 is 17.7 Å². The number of hydrogen-bond acceptors (Lipinski definition) is 3. The van der Waals surface area contributed by atoms with Crippen molar-refractivity contribution < 1.29 is 9.53 Å². The molecule has 0 unspecified atom stereocenters. The molecule has 0 aliphatic heterocycles. The number of methoxy groups -OCH3 is 1. The number of rotatable bonds is 3. The fourth-order valence-corrected chi connectivity index (χ4v) is 0.850. The second-order valence-corrected chi connectivity index (χ2v) is 2.95. The highest BCUT2D eigenvalue weighted by Crippen LogP contribution is 2.15. The van der Waals surface area contributed by atoms with Crippen LogP contribution in [0.15, 0.2) is 0 Å². The van der Waals surface area contributed by atoms with Gasteiger partial charge in [0.05, 0.1) is 12.5 Å². The third-order valence-electron chi connectivity index (χ3n) is 1.25. The van der Waals surface area contributed by atoms with Crippen molar-refractivity contribution in [2.24, 2.45) is 5.41 Å². The maximum atomic E-state index is 10.9. The van der Waals surface area contributed by atoms with E-state index in [0.29, 0.717) is 6.54 Å². The molecule has 0 radical (unpaired) electrons. The monoisotopic (exact) mass is 165 g/mol. The molecule has 0 aliphatic rings. The number of nitrogens with one attached hydrogen (secondary N) is 1. The molecular weight excluding hydrogens is 154 g/mol. The van der Waals surface area contributed by atoms with Gasteiger partial charge in [-0.25, -0.2) is 4.84 Å². The summed E-state index contributed by atoms with van der Waals surface area (Å²) < 4.78 is 4.53. The molecule has 0 fully saturated rings. The maximum absolute atomic E-state index is 10.9. The van der Waals surface area contributed by atoms with E-state index < -0.39 is 5.41 Å². The van der Waals surface area contributed by atoms with Gasteiger partial charge in [-0.2, -0.15) is 0 Å². The number of carbonyl (C=O) groups excluding carboxylic acids is 1. The zero-order chi connectivity index (χ0) is 8.20. The molecule has 1 N–H and O–H groups in total. The SMILES string of the molecule is COC(=O)C(C)(C)CNCl. The molecular formula is C6H12ClNO2. The van der Waals surface area contributed by atoms with Gasteiger partial charge in [0.15, 0.2) is 0 Å². The highest BCUT2D eigenvalue weighted by atomic mass is 35.5. The van der Waals surface area contributed by atoms with Gasteiger partial charge in [-0.05, 0) is 25.6 Å². The number of halogens is 1. The van der Waals surface area contributed by atoms with Gasteiger partial charge in [0.25, 0.3) is 0 Å². The molecule has 0 atom stereocenters. The highest BCUT2D eigenvalue weighted by Gasteiger charge is 2.27. The molecule has 10 heavy (non-hydrogen) atoms. The van der Waals surface area contributed by atoms with Crippen LogP contribution in [-0.2, 0) is 9.53 Å². The maximum Gasteiger partial charge on any atom is 0.312 e. The summed E-state index contributed by atoms with van der Waals surface area (Å²) >= 11 is 5.23. The first-order valence-corrected chi connectivity index (χ1v) is 3.34. The van der Waals surface area contributed by atoms with Gasteiger partial charge >= 0.3 is 5.97 Å². The van der Waals surface area contributed by atoms with Gasteiger partial charge in [0.2, 0.25) is 0 Å². The summed E-state index contributed by atoms with van der Waals surface area (Å²) in [5.41, 5.74) is -0.545. The second kappa shape index (κ2) is 3.78. The zero-order valence-corrected chi connectivity index (χ0v) is 7.16. The third-order valence-corrected chi connectivity index (χ3v) is 1.38. The molecule has 0 heterocycles. The van der Waals surface area contributed by atoms with E-state index in [1.54, 1.807) is 13.8 Å². The van der Waals surface area contributed by atoms with Crippen LogP contribution in [0.3, 0.4) is 0 Å². The lowest BCUT2D eigenvalue weighted by atomic mass is 9.94. The molecule has 0 saturated heterocycles. The fourth-order valence-electron chi connectivity index (χ4n) is 0.515. The topological polar surface area (TPSA) is 38.3 Å². The first-order valence-electron chi connectivity index (χ1n) is 2.96. The van der Waals surface area contributed by atoms with E-state index in [-0.39, 0.29) is 5.97 Å². The molecule has 3 nitrogen and oxygen atoms in total. The normalized spacial score (nSPS) is 11.2. The third kappa shape index (κ3) is 2.54. The lowest BCUT2D eigenvalue weighted by Crippen LogP contribution is -2.33. The number of ether oxygens (including phenoxy) is 1. The van der Waals surface area contributed by atoms with Crippen LogP contribution in [0.5, 0.6) is 0 Å². The van der Waals surface area contributed by atoms with Gasteiger partial charge in [-0.1, -0.05) is 0 Å². The van der Waals surface area contributed by atoms with Gasteiger partial charge in [0.1, 0.15) is 0 Å². The Morgan fingerprint density at radius 2 is 2.20 bits per heavy atom. The van der Waals surface area contributed by atoms with Gasteiger partial charge < -0.3 is 4.74 Å². The van der Waals surface area contributed by atoms with Crippen molar-refractivity contribution in [3.05, 3.63) is 0 Å². The van der Waals surface area contributed by atoms with Crippen molar-refractivity contribution in [3.8, 4) is 0 Å². The van der Waals surface area contributed by atoms with Crippen molar-refractivity contribution in [1.29, 1.82) is 0 Å². The molecule has 0 rings (SSSR count). The van der Waals surface area contributed by atoms with E-state index in [0.717, 1.165) is 0 Å². The molecule has 0 spiro atoms. The molecule has 4 heteroatoms. The Hall–Kier alpha value is -0.280. The average Bonchev–Trinajstić information content (AvgIpc) is 1.86. The Morgan fingerprint density at radius 1 is 1.70 bits per heavy atom. The van der Waals surface area contributed by atoms with Crippen LogP contribution in [0.2, 0.25) is 0 Å². The van der Waals surface area contributed by atoms with Crippen LogP contribution >= 0.6 is 11.8 Å². The fraction of sp³-hybridized carbons (Fsp3) is 0.833. The molecule has 0 aromatic carbocycles. The van der Waals surface area contributed by atoms with E-state index in [9.17, 15) is 4.79 Å². The molecule has 0 saturated carbocycles. The quantitative estimate of drug-likeness (QED) is 0.500. The highest BCUT2D eigenvalue weighted by molar-refractivity contribution is 6.13. The molecule has 0 aromatic rings. The minimum absolute atomic E-state index is 0.263. The predicted octanol–water partition coefficient (Wildman–Crippen LogP) is 0.929. The minimum Gasteiger partial charge on any atom is -0.469 e. The lowest BCUT2D eigenvalue weighted by molar-refractivity contribution is -0.150. The Labute approximate surface area is 65.8 Å². The minimum atomic E-state index is -0.545. The van der Waals surface area contributed by atoms with Crippen molar-refractivity contribution in [1.82, 2.24) is 4.84 Å². The van der Waals surface area contributed by atoms with Crippen molar-refractivity contribution in [3.63, 3.8) is 0 Å². The summed E-state index contributed by atoms with van der Waals surface area (Å²) in [6, 6.07) is 0. The van der Waals surface area contributed by atoms with E-state index in [1.165, 1.54) is 7.11 Å². The largest absolute Gasteiger partial charge is 0.469 e. The summed E-state index contributed by atoms with van der Waals surface area (Å²) in [6.45, 7) is 3.92. The Balaban J connectivity index is 3.96. The van der Waals surface area contributed by atoms with Gasteiger partial charge in [-0.15, -0.1) is 0 Å². The van der Waals surface area contributed by atoms with Crippen LogP contribution in [0.4, 0.5) is 0 Å². The Bertz CT molecular complexity index is 125. The summed E-state index contributed by atoms with van der Waals surface area (Å²) in [6.07, 6.45) is 0. The summed E-state index contributed by atoms with van der Waals surface area (Å²) in [7, 11) is 1.36. The van der Waals surface area contributed by atoms with E-state index >= 15 is 0 Å². The molecule has 0 bridgehead atoms. The summed E-state index contributed by atoms with van der Waals surface area (Å²) in [5.74, 6) is -0.263. The van der Waals surface area contributed by atoms with Crippen molar-refractivity contribution in [2.45, 2.75) is 13.8 Å². The summed E-state index contributed by atoms with van der Waals surface area (Å²) in [4.78, 5) is 13.3. The van der Waals surface area contributed by atoms with Gasteiger partial charge in [-0.3, -0.25) is 4.79 Å². The Morgan fingerprint density at radius 3 is 2.50 bits per heavy atom. The van der Waals surface area contributed by atoms with Crippen molar-refractivity contribution in [2.75, 3.05) is 13.7 Å². The predicted molar refractivity (Wildman–Crippen MR) is 39.7 cm³/mol. The molecule has 0 aliphatic carbocycles. The number of esters is 1. The smallest absolute Gasteiger partial charge is 0.312 e. The van der Waals surface area contributed by atoms with Crippen LogP contribution in [-0.4, -0.2) is 19.6 Å². The molecule has 0 aromatic heterocycles. The van der Waals surface area contributed by atoms with Gasteiger partial charge in [0, 0.05) is 6.54 Å². The van der Waals surface area contributed by atoms with Crippen LogP contribution in [0.1, 0.15) is 13.8 Å². The number of hydrogen-bond donors (Lipinski definition) is 1. The second-order valence-electron chi connectivity index (χ2n) is 2.69. The van der Waals surface area contributed by atoms with E-state index in [4.69, 9.17) is 11.8 Å². The lowest BCUT2D eigenvalue weighted by Gasteiger charge is -2.19.